The van der Waals surface area contributed by atoms with Crippen molar-refractivity contribution in [1.82, 2.24) is 0 Å². The van der Waals surface area contributed by atoms with Crippen LogP contribution in [0.25, 0.3) is 0 Å². The largest absolute Gasteiger partial charge is 0.525 e. The van der Waals surface area contributed by atoms with Crippen molar-refractivity contribution < 1.29 is 36.9 Å². The van der Waals surface area contributed by atoms with E-state index in [9.17, 15) is 13.2 Å². The molecule has 0 saturated heterocycles. The van der Waals surface area contributed by atoms with Crippen LogP contribution < -0.4 is 0 Å². The van der Waals surface area contributed by atoms with Crippen LogP contribution in [0.2, 0.25) is 0 Å². The molecule has 0 aliphatic carbocycles. The molecular weight excluding hydrogens is 293 g/mol. The van der Waals surface area contributed by atoms with Gasteiger partial charge in [-0.1, -0.05) is 6.92 Å². The second kappa shape index (κ2) is 6.51. The molecule has 0 bridgehead atoms. The SMILES string of the molecule is CCC1(OC(F)(F)F)C=C(OC)C(C)(OC)C(COC)O1. The summed E-state index contributed by atoms with van der Waals surface area (Å²) in [7, 11) is 4.19. The summed E-state index contributed by atoms with van der Waals surface area (Å²) in [6.45, 7) is 3.20. The van der Waals surface area contributed by atoms with Gasteiger partial charge >= 0.3 is 6.36 Å². The van der Waals surface area contributed by atoms with Crippen molar-refractivity contribution in [3.05, 3.63) is 11.8 Å². The normalized spacial score (nSPS) is 33.7. The second-order valence-electron chi connectivity index (χ2n) is 4.80. The van der Waals surface area contributed by atoms with Crippen molar-refractivity contribution >= 4 is 0 Å². The van der Waals surface area contributed by atoms with E-state index in [1.54, 1.807) is 6.92 Å². The van der Waals surface area contributed by atoms with Gasteiger partial charge in [-0.15, -0.1) is 13.2 Å². The van der Waals surface area contributed by atoms with Gasteiger partial charge < -0.3 is 18.9 Å². The molecule has 3 atom stereocenters. The van der Waals surface area contributed by atoms with Gasteiger partial charge in [0.1, 0.15) is 17.5 Å². The van der Waals surface area contributed by atoms with Crippen LogP contribution >= 0.6 is 0 Å². The van der Waals surface area contributed by atoms with E-state index in [0.29, 0.717) is 0 Å². The molecule has 124 valence electrons. The fraction of sp³-hybridized carbons (Fsp3) is 0.846. The Morgan fingerprint density at radius 3 is 2.29 bits per heavy atom. The quantitative estimate of drug-likeness (QED) is 0.754. The molecule has 0 aromatic heterocycles. The van der Waals surface area contributed by atoms with Crippen LogP contribution in [0.5, 0.6) is 0 Å². The molecule has 1 heterocycles. The monoisotopic (exact) mass is 314 g/mol. The Hall–Kier alpha value is -0.830. The van der Waals surface area contributed by atoms with Crippen LogP contribution in [0.1, 0.15) is 20.3 Å². The highest BCUT2D eigenvalue weighted by Crippen LogP contribution is 2.42. The lowest BCUT2D eigenvalue weighted by Gasteiger charge is -2.46. The van der Waals surface area contributed by atoms with Gasteiger partial charge in [-0.25, -0.2) is 0 Å². The maximum atomic E-state index is 12.7. The molecule has 3 unspecified atom stereocenters. The summed E-state index contributed by atoms with van der Waals surface area (Å²) < 4.78 is 63.3. The summed E-state index contributed by atoms with van der Waals surface area (Å²) in [6.07, 6.45) is -4.56. The van der Waals surface area contributed by atoms with Crippen LogP contribution in [0.3, 0.4) is 0 Å². The van der Waals surface area contributed by atoms with Gasteiger partial charge in [-0.05, 0) is 6.92 Å². The van der Waals surface area contributed by atoms with E-state index < -0.39 is 23.9 Å². The van der Waals surface area contributed by atoms with Gasteiger partial charge in [0.15, 0.2) is 0 Å². The Morgan fingerprint density at radius 2 is 1.90 bits per heavy atom. The van der Waals surface area contributed by atoms with Crippen LogP contribution in [0.4, 0.5) is 13.2 Å². The van der Waals surface area contributed by atoms with Gasteiger partial charge in [0.25, 0.3) is 0 Å². The van der Waals surface area contributed by atoms with Crippen LogP contribution in [-0.2, 0) is 23.7 Å². The Balaban J connectivity index is 3.27. The Kier molecular flexibility index (Phi) is 5.65. The molecule has 0 aromatic rings. The maximum absolute atomic E-state index is 12.7. The van der Waals surface area contributed by atoms with Crippen molar-refractivity contribution in [2.24, 2.45) is 0 Å². The van der Waals surface area contributed by atoms with E-state index in [4.69, 9.17) is 18.9 Å². The second-order valence-corrected chi connectivity index (χ2v) is 4.80. The van der Waals surface area contributed by atoms with E-state index >= 15 is 0 Å². The molecule has 0 spiro atoms. The molecule has 0 saturated carbocycles. The lowest BCUT2D eigenvalue weighted by atomic mass is 9.90. The number of hydrogen-bond acceptors (Lipinski definition) is 5. The predicted octanol–water partition coefficient (Wildman–Crippen LogP) is 2.61. The minimum absolute atomic E-state index is 0.0218. The summed E-state index contributed by atoms with van der Waals surface area (Å²) in [4.78, 5) is 0. The summed E-state index contributed by atoms with van der Waals surface area (Å²) in [5.41, 5.74) is -1.07. The van der Waals surface area contributed by atoms with Crippen LogP contribution in [-0.4, -0.2) is 51.8 Å². The average Bonchev–Trinajstić information content (AvgIpc) is 2.41. The zero-order valence-corrected chi connectivity index (χ0v) is 12.7. The van der Waals surface area contributed by atoms with Gasteiger partial charge in [0.05, 0.1) is 13.7 Å². The van der Waals surface area contributed by atoms with Crippen molar-refractivity contribution in [1.29, 1.82) is 0 Å². The van der Waals surface area contributed by atoms with E-state index in [-0.39, 0.29) is 18.8 Å². The van der Waals surface area contributed by atoms with Gasteiger partial charge in [0.2, 0.25) is 5.79 Å². The Bertz CT molecular complexity index is 384. The minimum Gasteiger partial charge on any atom is -0.498 e. The first-order valence-corrected chi connectivity index (χ1v) is 6.42. The molecule has 5 nitrogen and oxygen atoms in total. The number of halogens is 3. The predicted molar refractivity (Wildman–Crippen MR) is 67.4 cm³/mol. The van der Waals surface area contributed by atoms with Gasteiger partial charge in [0, 0.05) is 26.7 Å². The van der Waals surface area contributed by atoms with Crippen LogP contribution in [0.15, 0.2) is 11.8 Å². The molecule has 1 aliphatic heterocycles. The summed E-state index contributed by atoms with van der Waals surface area (Å²) in [5.74, 6) is -1.77. The highest BCUT2D eigenvalue weighted by molar-refractivity contribution is 5.20. The molecule has 8 heteroatoms. The number of alkyl halides is 3. The molecule has 0 N–H and O–H groups in total. The third kappa shape index (κ3) is 3.88. The number of hydrogen-bond donors (Lipinski definition) is 0. The fourth-order valence-electron chi connectivity index (χ4n) is 2.23. The van der Waals surface area contributed by atoms with E-state index in [2.05, 4.69) is 4.74 Å². The van der Waals surface area contributed by atoms with Gasteiger partial charge in [-0.2, -0.15) is 0 Å². The zero-order valence-electron chi connectivity index (χ0n) is 12.7. The van der Waals surface area contributed by atoms with E-state index in [1.165, 1.54) is 28.3 Å². The number of methoxy groups -OCH3 is 3. The smallest absolute Gasteiger partial charge is 0.498 e. The summed E-state index contributed by atoms with van der Waals surface area (Å²) in [6, 6.07) is 0. The van der Waals surface area contributed by atoms with Crippen molar-refractivity contribution in [3.8, 4) is 0 Å². The lowest BCUT2D eigenvalue weighted by Crippen LogP contribution is -2.57. The topological polar surface area (TPSA) is 46.2 Å². The molecule has 0 amide bonds. The molecule has 0 radical (unpaired) electrons. The third-order valence-corrected chi connectivity index (χ3v) is 3.54. The van der Waals surface area contributed by atoms with E-state index in [0.717, 1.165) is 6.08 Å². The highest BCUT2D eigenvalue weighted by Gasteiger charge is 2.54. The molecule has 0 fully saturated rings. The molecular formula is C13H21F3O5. The highest BCUT2D eigenvalue weighted by atomic mass is 19.4. The van der Waals surface area contributed by atoms with Gasteiger partial charge in [-0.3, -0.25) is 4.74 Å². The Labute approximate surface area is 121 Å². The van der Waals surface area contributed by atoms with Crippen LogP contribution in [0, 0.1) is 0 Å². The molecule has 1 rings (SSSR count). The molecule has 1 aliphatic rings. The first-order chi connectivity index (χ1) is 9.66. The standard InChI is InChI=1S/C13H21F3O5/c1-6-12(21-13(14,15)16)7-9(18-4)11(2,19-5)10(20-12)8-17-3/h7,10H,6,8H2,1-5H3. The fourth-order valence-corrected chi connectivity index (χ4v) is 2.23. The first kappa shape index (κ1) is 18.2. The van der Waals surface area contributed by atoms with Crippen molar-refractivity contribution in [2.75, 3.05) is 27.9 Å². The van der Waals surface area contributed by atoms with E-state index in [1.807, 2.05) is 0 Å². The summed E-state index contributed by atoms with van der Waals surface area (Å²) in [5, 5.41) is 0. The zero-order chi connectivity index (χ0) is 16.3. The molecule has 21 heavy (non-hydrogen) atoms. The lowest BCUT2D eigenvalue weighted by molar-refractivity contribution is -0.420. The maximum Gasteiger partial charge on any atom is 0.525 e. The average molecular weight is 314 g/mol. The van der Waals surface area contributed by atoms with Crippen molar-refractivity contribution in [2.45, 2.75) is 44.1 Å². The summed E-state index contributed by atoms with van der Waals surface area (Å²) >= 11 is 0. The number of ether oxygens (including phenoxy) is 5. The van der Waals surface area contributed by atoms with Crippen molar-refractivity contribution in [3.63, 3.8) is 0 Å². The molecule has 0 aromatic carbocycles. The Morgan fingerprint density at radius 1 is 1.29 bits per heavy atom. The minimum atomic E-state index is -4.84. The number of rotatable bonds is 6. The first-order valence-electron chi connectivity index (χ1n) is 6.42. The third-order valence-electron chi connectivity index (χ3n) is 3.54.